The highest BCUT2D eigenvalue weighted by atomic mass is 16.5. The van der Waals surface area contributed by atoms with Gasteiger partial charge in [0.05, 0.1) is 25.3 Å². The van der Waals surface area contributed by atoms with Gasteiger partial charge in [-0.3, -0.25) is 5.32 Å². The zero-order chi connectivity index (χ0) is 17.5. The zero-order valence-corrected chi connectivity index (χ0v) is 13.0. The fourth-order valence-corrected chi connectivity index (χ4v) is 1.89. The van der Waals surface area contributed by atoms with Crippen molar-refractivity contribution in [2.75, 3.05) is 24.9 Å². The van der Waals surface area contributed by atoms with Crippen LogP contribution in [0, 0.1) is 0 Å². The number of nitrogens with one attached hydrogen (secondary N) is 2. The molecule has 0 aliphatic heterocycles. The molecule has 0 spiro atoms. The third-order valence-electron chi connectivity index (χ3n) is 2.94. The molecule has 2 N–H and O–H groups in total. The minimum Gasteiger partial charge on any atom is -0.465 e. The Hall–Kier alpha value is -3.42. The standard InChI is InChI=1S/C16H15N3O5/c1-23-14(20)10-7-11(15(21)24-2)9-12(8-10)18-16(22)19-13-5-3-4-6-17-13/h3-9H,1-2H3,(H2,17,18,19,22). The largest absolute Gasteiger partial charge is 0.465 e. The number of carbonyl (C=O) groups excluding carboxylic acids is 3. The Morgan fingerprint density at radius 3 is 2.04 bits per heavy atom. The first kappa shape index (κ1) is 16.9. The molecule has 1 aromatic heterocycles. The molecule has 124 valence electrons. The fourth-order valence-electron chi connectivity index (χ4n) is 1.89. The molecule has 0 unspecified atom stereocenters. The molecule has 2 amide bonds. The Morgan fingerprint density at radius 2 is 1.54 bits per heavy atom. The van der Waals surface area contributed by atoms with Gasteiger partial charge in [0.25, 0.3) is 0 Å². The maximum atomic E-state index is 12.0. The molecular weight excluding hydrogens is 314 g/mol. The lowest BCUT2D eigenvalue weighted by molar-refractivity contribution is 0.0599. The predicted molar refractivity (Wildman–Crippen MR) is 86.0 cm³/mol. The van der Waals surface area contributed by atoms with Crippen LogP contribution < -0.4 is 10.6 Å². The lowest BCUT2D eigenvalue weighted by atomic mass is 10.1. The van der Waals surface area contributed by atoms with E-state index in [2.05, 4.69) is 25.1 Å². The van der Waals surface area contributed by atoms with Gasteiger partial charge in [-0.25, -0.2) is 19.4 Å². The number of rotatable bonds is 4. The average Bonchev–Trinajstić information content (AvgIpc) is 2.60. The van der Waals surface area contributed by atoms with Crippen LogP contribution in [0.15, 0.2) is 42.6 Å². The Morgan fingerprint density at radius 1 is 0.917 bits per heavy atom. The quantitative estimate of drug-likeness (QED) is 0.834. The van der Waals surface area contributed by atoms with Crippen molar-refractivity contribution in [3.8, 4) is 0 Å². The molecule has 2 rings (SSSR count). The molecule has 0 radical (unpaired) electrons. The zero-order valence-electron chi connectivity index (χ0n) is 13.0. The van der Waals surface area contributed by atoms with E-state index in [4.69, 9.17) is 0 Å². The molecule has 1 aromatic carbocycles. The smallest absolute Gasteiger partial charge is 0.337 e. The Bertz CT molecular complexity index is 727. The van der Waals surface area contributed by atoms with Crippen LogP contribution in [0.25, 0.3) is 0 Å². The van der Waals surface area contributed by atoms with Crippen LogP contribution >= 0.6 is 0 Å². The molecule has 8 nitrogen and oxygen atoms in total. The molecule has 0 aliphatic rings. The normalized spacial score (nSPS) is 9.75. The topological polar surface area (TPSA) is 107 Å². The minimum absolute atomic E-state index is 0.105. The number of esters is 2. The lowest BCUT2D eigenvalue weighted by Crippen LogP contribution is -2.20. The molecule has 24 heavy (non-hydrogen) atoms. The molecule has 0 fully saturated rings. The molecule has 1 heterocycles. The number of carbonyl (C=O) groups is 3. The van der Waals surface area contributed by atoms with Crippen LogP contribution in [-0.2, 0) is 9.47 Å². The van der Waals surface area contributed by atoms with Gasteiger partial charge in [-0.05, 0) is 30.3 Å². The van der Waals surface area contributed by atoms with Crippen molar-refractivity contribution < 1.29 is 23.9 Å². The summed E-state index contributed by atoms with van der Waals surface area (Å²) in [4.78, 5) is 39.3. The van der Waals surface area contributed by atoms with Gasteiger partial charge < -0.3 is 14.8 Å². The maximum absolute atomic E-state index is 12.0. The SMILES string of the molecule is COC(=O)c1cc(NC(=O)Nc2ccccn2)cc(C(=O)OC)c1. The second kappa shape index (κ2) is 7.73. The lowest BCUT2D eigenvalue weighted by Gasteiger charge is -2.10. The molecule has 0 aliphatic carbocycles. The van der Waals surface area contributed by atoms with Crippen molar-refractivity contribution in [2.24, 2.45) is 0 Å². The van der Waals surface area contributed by atoms with E-state index in [1.54, 1.807) is 18.2 Å². The van der Waals surface area contributed by atoms with Gasteiger partial charge in [0.2, 0.25) is 0 Å². The Kier molecular flexibility index (Phi) is 5.45. The summed E-state index contributed by atoms with van der Waals surface area (Å²) in [5.74, 6) is -0.935. The number of ether oxygens (including phenoxy) is 2. The monoisotopic (exact) mass is 329 g/mol. The van der Waals surface area contributed by atoms with Gasteiger partial charge in [0, 0.05) is 11.9 Å². The first-order valence-electron chi connectivity index (χ1n) is 6.84. The van der Waals surface area contributed by atoms with Crippen molar-refractivity contribution in [1.29, 1.82) is 0 Å². The third-order valence-corrected chi connectivity index (χ3v) is 2.94. The molecule has 0 bridgehead atoms. The van der Waals surface area contributed by atoms with Crippen molar-refractivity contribution in [3.05, 3.63) is 53.7 Å². The average molecular weight is 329 g/mol. The molecule has 8 heteroatoms. The van der Waals surface area contributed by atoms with Gasteiger partial charge >= 0.3 is 18.0 Å². The van der Waals surface area contributed by atoms with E-state index in [0.717, 1.165) is 0 Å². The third kappa shape index (κ3) is 4.29. The van der Waals surface area contributed by atoms with E-state index < -0.39 is 18.0 Å². The summed E-state index contributed by atoms with van der Waals surface area (Å²) in [6, 6.07) is 8.56. The molecule has 2 aromatic rings. The van der Waals surface area contributed by atoms with E-state index in [1.807, 2.05) is 0 Å². The van der Waals surface area contributed by atoms with Crippen LogP contribution in [0.5, 0.6) is 0 Å². The molecule has 0 saturated heterocycles. The number of aromatic nitrogens is 1. The van der Waals surface area contributed by atoms with E-state index in [9.17, 15) is 14.4 Å². The van der Waals surface area contributed by atoms with Gasteiger partial charge in [0.1, 0.15) is 5.82 Å². The van der Waals surface area contributed by atoms with Gasteiger partial charge in [0.15, 0.2) is 0 Å². The maximum Gasteiger partial charge on any atom is 0.337 e. The number of urea groups is 1. The first-order valence-corrected chi connectivity index (χ1v) is 6.84. The molecular formula is C16H15N3O5. The fraction of sp³-hybridized carbons (Fsp3) is 0.125. The summed E-state index contributed by atoms with van der Waals surface area (Å²) in [6.07, 6.45) is 1.53. The van der Waals surface area contributed by atoms with Gasteiger partial charge in [-0.15, -0.1) is 0 Å². The number of benzene rings is 1. The highest BCUT2D eigenvalue weighted by Crippen LogP contribution is 2.17. The number of hydrogen-bond acceptors (Lipinski definition) is 6. The summed E-state index contributed by atoms with van der Waals surface area (Å²) < 4.78 is 9.26. The molecule has 0 saturated carbocycles. The Balaban J connectivity index is 2.23. The number of methoxy groups -OCH3 is 2. The predicted octanol–water partition coefficient (Wildman–Crippen LogP) is 2.30. The van der Waals surface area contributed by atoms with E-state index in [1.165, 1.54) is 38.6 Å². The highest BCUT2D eigenvalue weighted by Gasteiger charge is 2.15. The van der Waals surface area contributed by atoms with Crippen molar-refractivity contribution in [1.82, 2.24) is 4.98 Å². The van der Waals surface area contributed by atoms with Crippen LogP contribution in [0.3, 0.4) is 0 Å². The first-order chi connectivity index (χ1) is 11.5. The Labute approximate surface area is 137 Å². The second-order valence-corrected chi connectivity index (χ2v) is 4.58. The summed E-state index contributed by atoms with van der Waals surface area (Å²) in [5, 5.41) is 5.05. The number of anilines is 2. The highest BCUT2D eigenvalue weighted by molar-refractivity contribution is 6.02. The van der Waals surface area contributed by atoms with Crippen LogP contribution in [0.2, 0.25) is 0 Å². The number of nitrogens with zero attached hydrogens (tertiary/aromatic N) is 1. The minimum atomic E-state index is -0.645. The number of pyridine rings is 1. The summed E-state index contributed by atoms with van der Waals surface area (Å²) in [7, 11) is 2.43. The van der Waals surface area contributed by atoms with Crippen LogP contribution in [-0.4, -0.2) is 37.2 Å². The van der Waals surface area contributed by atoms with E-state index in [0.29, 0.717) is 5.82 Å². The summed E-state index contributed by atoms with van der Waals surface area (Å²) in [6.45, 7) is 0. The van der Waals surface area contributed by atoms with E-state index >= 15 is 0 Å². The van der Waals surface area contributed by atoms with Gasteiger partial charge in [-0.2, -0.15) is 0 Å². The van der Waals surface area contributed by atoms with Gasteiger partial charge in [-0.1, -0.05) is 6.07 Å². The number of hydrogen-bond donors (Lipinski definition) is 2. The van der Waals surface area contributed by atoms with Crippen LogP contribution in [0.4, 0.5) is 16.3 Å². The van der Waals surface area contributed by atoms with Crippen LogP contribution in [0.1, 0.15) is 20.7 Å². The molecule has 0 atom stereocenters. The van der Waals surface area contributed by atoms with Crippen molar-refractivity contribution in [3.63, 3.8) is 0 Å². The summed E-state index contributed by atoms with van der Waals surface area (Å²) in [5.41, 5.74) is 0.439. The number of amides is 2. The van der Waals surface area contributed by atoms with Crippen molar-refractivity contribution in [2.45, 2.75) is 0 Å². The van der Waals surface area contributed by atoms with E-state index in [-0.39, 0.29) is 16.8 Å². The second-order valence-electron chi connectivity index (χ2n) is 4.58. The van der Waals surface area contributed by atoms with Crippen molar-refractivity contribution >= 4 is 29.5 Å². The summed E-state index contributed by atoms with van der Waals surface area (Å²) >= 11 is 0.